The maximum atomic E-state index is 12.3. The first kappa shape index (κ1) is 14.7. The van der Waals surface area contributed by atoms with Gasteiger partial charge in [-0.15, -0.1) is 11.8 Å². The summed E-state index contributed by atoms with van der Waals surface area (Å²) in [4.78, 5) is 25.2. The second-order valence-electron chi connectivity index (χ2n) is 5.52. The van der Waals surface area contributed by atoms with Crippen molar-refractivity contribution in [3.05, 3.63) is 0 Å². The average molecular weight is 278 g/mol. The van der Waals surface area contributed by atoms with Gasteiger partial charge in [-0.2, -0.15) is 0 Å². The number of nitrogens with one attached hydrogen (secondary N) is 1. The van der Waals surface area contributed by atoms with Crippen molar-refractivity contribution in [1.82, 2.24) is 10.2 Å². The van der Waals surface area contributed by atoms with Crippen LogP contribution in [0.4, 0.5) is 4.79 Å². The molecule has 0 aromatic carbocycles. The van der Waals surface area contributed by atoms with Crippen LogP contribution in [0.15, 0.2) is 0 Å². The topological polar surface area (TPSA) is 69.6 Å². The third kappa shape index (κ3) is 3.06. The molecule has 1 aliphatic heterocycles. The van der Waals surface area contributed by atoms with E-state index in [9.17, 15) is 14.7 Å². The number of carboxylic acid groups (broad SMARTS) is 1. The van der Waals surface area contributed by atoms with E-state index < -0.39 is 12.0 Å². The van der Waals surface area contributed by atoms with Crippen molar-refractivity contribution in [2.45, 2.75) is 57.5 Å². The number of carbonyl (C=O) groups is 2. The Hall–Kier alpha value is -1.70. The number of fused-ring (bicyclic) bond motifs is 1. The number of amides is 2. The Labute approximate surface area is 119 Å². The number of aliphatic carboxylic acids is 1. The van der Waals surface area contributed by atoms with Crippen LogP contribution in [0.2, 0.25) is 0 Å². The lowest BCUT2D eigenvalue weighted by Crippen LogP contribution is -2.50. The number of likely N-dealkylation sites (tertiary alicyclic amines) is 1. The van der Waals surface area contributed by atoms with E-state index in [2.05, 4.69) is 17.2 Å². The van der Waals surface area contributed by atoms with Gasteiger partial charge in [0.25, 0.3) is 0 Å². The minimum absolute atomic E-state index is 0.0992. The van der Waals surface area contributed by atoms with Crippen molar-refractivity contribution in [3.63, 3.8) is 0 Å². The van der Waals surface area contributed by atoms with Crippen molar-refractivity contribution in [2.75, 3.05) is 6.54 Å². The van der Waals surface area contributed by atoms with Gasteiger partial charge in [-0.1, -0.05) is 12.8 Å². The molecule has 3 atom stereocenters. The summed E-state index contributed by atoms with van der Waals surface area (Å²) in [6, 6.07) is -0.813. The highest BCUT2D eigenvalue weighted by Crippen LogP contribution is 2.39. The second kappa shape index (κ2) is 6.65. The van der Waals surface area contributed by atoms with E-state index in [0.29, 0.717) is 25.3 Å². The summed E-state index contributed by atoms with van der Waals surface area (Å²) < 4.78 is 0. The molecule has 1 saturated carbocycles. The normalized spacial score (nSPS) is 28.2. The first-order valence-electron chi connectivity index (χ1n) is 7.33. The molecule has 2 rings (SSSR count). The van der Waals surface area contributed by atoms with E-state index >= 15 is 0 Å². The van der Waals surface area contributed by atoms with Gasteiger partial charge >= 0.3 is 12.0 Å². The smallest absolute Gasteiger partial charge is 0.326 e. The minimum Gasteiger partial charge on any atom is -0.480 e. The van der Waals surface area contributed by atoms with Gasteiger partial charge in [-0.25, -0.2) is 9.59 Å². The summed E-state index contributed by atoms with van der Waals surface area (Å²) in [6.07, 6.45) is 5.40. The molecule has 5 heteroatoms. The molecule has 5 nitrogen and oxygen atoms in total. The third-order valence-corrected chi connectivity index (χ3v) is 4.31. The SMILES string of the molecule is CC#CCCNC(=O)N1C(C(=O)O)CC2CCCCC21. The summed E-state index contributed by atoms with van der Waals surface area (Å²) >= 11 is 0. The van der Waals surface area contributed by atoms with E-state index in [4.69, 9.17) is 0 Å². The van der Waals surface area contributed by atoms with E-state index in [-0.39, 0.29) is 12.1 Å². The number of urea groups is 1. The molecular weight excluding hydrogens is 256 g/mol. The molecule has 20 heavy (non-hydrogen) atoms. The molecule has 110 valence electrons. The van der Waals surface area contributed by atoms with Gasteiger partial charge in [0, 0.05) is 19.0 Å². The van der Waals surface area contributed by atoms with Crippen molar-refractivity contribution in [2.24, 2.45) is 5.92 Å². The predicted octanol–water partition coefficient (Wildman–Crippen LogP) is 1.83. The molecule has 0 aromatic rings. The largest absolute Gasteiger partial charge is 0.480 e. The van der Waals surface area contributed by atoms with Gasteiger partial charge in [0.1, 0.15) is 6.04 Å². The highest BCUT2D eigenvalue weighted by atomic mass is 16.4. The van der Waals surface area contributed by atoms with Crippen LogP contribution >= 0.6 is 0 Å². The monoisotopic (exact) mass is 278 g/mol. The van der Waals surface area contributed by atoms with E-state index in [1.165, 1.54) is 0 Å². The quantitative estimate of drug-likeness (QED) is 0.611. The molecule has 0 bridgehead atoms. The Morgan fingerprint density at radius 2 is 2.10 bits per heavy atom. The minimum atomic E-state index is -0.886. The van der Waals surface area contributed by atoms with Gasteiger partial charge < -0.3 is 15.3 Å². The van der Waals surface area contributed by atoms with Crippen LogP contribution in [0.25, 0.3) is 0 Å². The molecule has 1 aliphatic carbocycles. The maximum Gasteiger partial charge on any atom is 0.326 e. The molecule has 0 spiro atoms. The maximum absolute atomic E-state index is 12.3. The highest BCUT2D eigenvalue weighted by Gasteiger charge is 2.47. The lowest BCUT2D eigenvalue weighted by Gasteiger charge is -2.32. The van der Waals surface area contributed by atoms with Gasteiger partial charge in [-0.05, 0) is 32.1 Å². The van der Waals surface area contributed by atoms with Crippen LogP contribution in [0.5, 0.6) is 0 Å². The fourth-order valence-corrected chi connectivity index (χ4v) is 3.42. The number of hydrogen-bond acceptors (Lipinski definition) is 2. The molecule has 0 aromatic heterocycles. The zero-order valence-electron chi connectivity index (χ0n) is 11.9. The van der Waals surface area contributed by atoms with Crippen LogP contribution in [-0.4, -0.2) is 40.6 Å². The summed E-state index contributed by atoms with van der Waals surface area (Å²) in [5.74, 6) is 5.13. The Bertz CT molecular complexity index is 438. The summed E-state index contributed by atoms with van der Waals surface area (Å²) in [7, 11) is 0. The van der Waals surface area contributed by atoms with Gasteiger partial charge in [-0.3, -0.25) is 0 Å². The van der Waals surface area contributed by atoms with E-state index in [1.807, 2.05) is 0 Å². The number of rotatable bonds is 3. The Kier molecular flexibility index (Phi) is 4.89. The lowest BCUT2D eigenvalue weighted by molar-refractivity contribution is -0.141. The van der Waals surface area contributed by atoms with Gasteiger partial charge in [0.05, 0.1) is 0 Å². The summed E-state index contributed by atoms with van der Waals surface area (Å²) in [5.41, 5.74) is 0. The molecule has 2 fully saturated rings. The second-order valence-corrected chi connectivity index (χ2v) is 5.52. The molecule has 2 amide bonds. The first-order valence-corrected chi connectivity index (χ1v) is 7.33. The van der Waals surface area contributed by atoms with E-state index in [1.54, 1.807) is 11.8 Å². The third-order valence-electron chi connectivity index (χ3n) is 4.31. The van der Waals surface area contributed by atoms with Crippen LogP contribution in [-0.2, 0) is 4.79 Å². The Morgan fingerprint density at radius 1 is 1.35 bits per heavy atom. The summed E-state index contributed by atoms with van der Waals surface area (Å²) in [5, 5.41) is 12.1. The zero-order valence-corrected chi connectivity index (χ0v) is 11.9. The van der Waals surface area contributed by atoms with Gasteiger partial charge in [0.2, 0.25) is 0 Å². The number of nitrogens with zero attached hydrogens (tertiary/aromatic N) is 1. The van der Waals surface area contributed by atoms with Crippen molar-refractivity contribution in [3.8, 4) is 11.8 Å². The first-order chi connectivity index (χ1) is 9.65. The molecule has 1 heterocycles. The predicted molar refractivity (Wildman–Crippen MR) is 75.1 cm³/mol. The Morgan fingerprint density at radius 3 is 2.80 bits per heavy atom. The fraction of sp³-hybridized carbons (Fsp3) is 0.733. The van der Waals surface area contributed by atoms with Crippen molar-refractivity contribution in [1.29, 1.82) is 0 Å². The molecule has 2 aliphatic rings. The molecule has 1 saturated heterocycles. The van der Waals surface area contributed by atoms with Gasteiger partial charge in [0.15, 0.2) is 0 Å². The zero-order chi connectivity index (χ0) is 14.5. The van der Waals surface area contributed by atoms with Crippen molar-refractivity contribution >= 4 is 12.0 Å². The number of hydrogen-bond donors (Lipinski definition) is 2. The number of carboxylic acids is 1. The van der Waals surface area contributed by atoms with Crippen molar-refractivity contribution < 1.29 is 14.7 Å². The highest BCUT2D eigenvalue weighted by molar-refractivity contribution is 5.83. The van der Waals surface area contributed by atoms with Crippen LogP contribution in [0.1, 0.15) is 45.4 Å². The molecule has 0 radical (unpaired) electrons. The average Bonchev–Trinajstić information content (AvgIpc) is 2.83. The molecular formula is C15H22N2O3. The standard InChI is InChI=1S/C15H22N2O3/c1-2-3-6-9-16-15(20)17-12-8-5-4-7-11(12)10-13(17)14(18)19/h11-13H,4-10H2,1H3,(H,16,20)(H,18,19). The van der Waals surface area contributed by atoms with Crippen LogP contribution in [0, 0.1) is 17.8 Å². The lowest BCUT2D eigenvalue weighted by atomic mass is 9.85. The molecule has 2 N–H and O–H groups in total. The van der Waals surface area contributed by atoms with Crippen LogP contribution < -0.4 is 5.32 Å². The molecule has 3 unspecified atom stereocenters. The number of carbonyl (C=O) groups excluding carboxylic acids is 1. The fourth-order valence-electron chi connectivity index (χ4n) is 3.42. The van der Waals surface area contributed by atoms with Crippen LogP contribution in [0.3, 0.4) is 0 Å². The van der Waals surface area contributed by atoms with E-state index in [0.717, 1.165) is 25.7 Å². The summed E-state index contributed by atoms with van der Waals surface area (Å²) in [6.45, 7) is 2.23. The Balaban J connectivity index is 2.02.